The van der Waals surface area contributed by atoms with Gasteiger partial charge in [0.05, 0.1) is 0 Å². The number of aliphatic carboxylic acids is 1. The lowest BCUT2D eigenvalue weighted by Crippen LogP contribution is -2.34. The molecule has 0 aromatic carbocycles. The molecule has 0 bridgehead atoms. The molecule has 0 amide bonds. The Morgan fingerprint density at radius 2 is 2.14 bits per heavy atom. The van der Waals surface area contributed by atoms with Gasteiger partial charge in [-0.05, 0) is 19.0 Å². The standard InChI is InChI=1S/C10H14ClNO2/c1-4-7(8(11)5-2)6-9(12-3)10(13)14/h4-5,9,12H,1-2,6H2,3H3,(H,13,14)/b8-7-/t9-/m1/s1. The van der Waals surface area contributed by atoms with Crippen LogP contribution in [0.25, 0.3) is 0 Å². The van der Waals surface area contributed by atoms with Crippen molar-refractivity contribution in [2.24, 2.45) is 0 Å². The summed E-state index contributed by atoms with van der Waals surface area (Å²) in [5, 5.41) is 11.9. The molecule has 0 aromatic heterocycles. The molecule has 0 saturated heterocycles. The Kier molecular flexibility index (Phi) is 5.92. The van der Waals surface area contributed by atoms with Gasteiger partial charge in [-0.25, -0.2) is 0 Å². The van der Waals surface area contributed by atoms with Gasteiger partial charge in [-0.15, -0.1) is 0 Å². The predicted octanol–water partition coefficient (Wildman–Crippen LogP) is 1.91. The van der Waals surface area contributed by atoms with Gasteiger partial charge in [0.2, 0.25) is 0 Å². The van der Waals surface area contributed by atoms with Crippen LogP contribution in [0.2, 0.25) is 0 Å². The van der Waals surface area contributed by atoms with E-state index in [2.05, 4.69) is 18.5 Å². The fraction of sp³-hybridized carbons (Fsp3) is 0.300. The third-order valence-electron chi connectivity index (χ3n) is 1.80. The van der Waals surface area contributed by atoms with Gasteiger partial charge < -0.3 is 10.4 Å². The van der Waals surface area contributed by atoms with Gasteiger partial charge in [-0.1, -0.05) is 36.9 Å². The molecule has 0 aliphatic carbocycles. The fourth-order valence-electron chi connectivity index (χ4n) is 0.942. The first-order valence-corrected chi connectivity index (χ1v) is 4.48. The lowest BCUT2D eigenvalue weighted by Gasteiger charge is -2.12. The van der Waals surface area contributed by atoms with Gasteiger partial charge >= 0.3 is 5.97 Å². The summed E-state index contributed by atoms with van der Waals surface area (Å²) in [6.07, 6.45) is 3.30. The summed E-state index contributed by atoms with van der Waals surface area (Å²) in [4.78, 5) is 10.7. The monoisotopic (exact) mass is 215 g/mol. The van der Waals surface area contributed by atoms with Crippen molar-refractivity contribution in [1.82, 2.24) is 5.32 Å². The highest BCUT2D eigenvalue weighted by Crippen LogP contribution is 2.16. The average Bonchev–Trinajstić information content (AvgIpc) is 2.18. The van der Waals surface area contributed by atoms with Crippen LogP contribution >= 0.6 is 11.6 Å². The number of likely N-dealkylation sites (N-methyl/N-ethyl adjacent to an activating group) is 1. The highest BCUT2D eigenvalue weighted by atomic mass is 35.5. The lowest BCUT2D eigenvalue weighted by atomic mass is 10.1. The molecule has 0 fully saturated rings. The van der Waals surface area contributed by atoms with Crippen molar-refractivity contribution >= 4 is 17.6 Å². The molecule has 0 aliphatic rings. The van der Waals surface area contributed by atoms with Gasteiger partial charge in [0, 0.05) is 5.03 Å². The van der Waals surface area contributed by atoms with Crippen LogP contribution in [0, 0.1) is 0 Å². The zero-order valence-corrected chi connectivity index (χ0v) is 8.84. The first-order chi connectivity index (χ1) is 6.56. The van der Waals surface area contributed by atoms with Crippen molar-refractivity contribution in [2.45, 2.75) is 12.5 Å². The number of nitrogens with one attached hydrogen (secondary N) is 1. The molecule has 4 heteroatoms. The van der Waals surface area contributed by atoms with E-state index in [9.17, 15) is 4.79 Å². The summed E-state index contributed by atoms with van der Waals surface area (Å²) in [5.41, 5.74) is 0.670. The molecule has 0 radical (unpaired) electrons. The number of carboxylic acid groups (broad SMARTS) is 1. The Morgan fingerprint density at radius 3 is 2.43 bits per heavy atom. The minimum atomic E-state index is -0.916. The molecule has 0 aliphatic heterocycles. The van der Waals surface area contributed by atoms with E-state index in [4.69, 9.17) is 16.7 Å². The molecule has 0 unspecified atom stereocenters. The minimum absolute atomic E-state index is 0.292. The lowest BCUT2D eigenvalue weighted by molar-refractivity contribution is -0.139. The van der Waals surface area contributed by atoms with Crippen molar-refractivity contribution in [1.29, 1.82) is 0 Å². The summed E-state index contributed by atoms with van der Waals surface area (Å²) in [6, 6.07) is -0.656. The Bertz CT molecular complexity index is 271. The maximum Gasteiger partial charge on any atom is 0.321 e. The first-order valence-electron chi connectivity index (χ1n) is 4.10. The summed E-state index contributed by atoms with van der Waals surface area (Å²) in [7, 11) is 1.58. The zero-order valence-electron chi connectivity index (χ0n) is 8.09. The maximum absolute atomic E-state index is 10.7. The second-order valence-electron chi connectivity index (χ2n) is 2.67. The van der Waals surface area contributed by atoms with Crippen LogP contribution in [0.5, 0.6) is 0 Å². The van der Waals surface area contributed by atoms with Gasteiger partial charge in [-0.2, -0.15) is 0 Å². The third-order valence-corrected chi connectivity index (χ3v) is 2.20. The van der Waals surface area contributed by atoms with Gasteiger partial charge in [0.25, 0.3) is 0 Å². The molecule has 0 heterocycles. The molecule has 0 rings (SSSR count). The summed E-state index contributed by atoms with van der Waals surface area (Å²) in [5.74, 6) is -0.916. The van der Waals surface area contributed by atoms with E-state index in [-0.39, 0.29) is 0 Å². The number of carboxylic acids is 1. The zero-order chi connectivity index (χ0) is 11.1. The van der Waals surface area contributed by atoms with E-state index in [1.807, 2.05) is 0 Å². The highest BCUT2D eigenvalue weighted by Gasteiger charge is 2.16. The van der Waals surface area contributed by atoms with Gasteiger partial charge in [-0.3, -0.25) is 4.79 Å². The number of carbonyl (C=O) groups is 1. The topological polar surface area (TPSA) is 49.3 Å². The Hall–Kier alpha value is -1.06. The quantitative estimate of drug-likeness (QED) is 0.666. The van der Waals surface area contributed by atoms with E-state index in [0.717, 1.165) is 0 Å². The van der Waals surface area contributed by atoms with Crippen molar-refractivity contribution in [3.8, 4) is 0 Å². The molecule has 1 atom stereocenters. The Labute approximate surface area is 88.8 Å². The average molecular weight is 216 g/mol. The molecule has 78 valence electrons. The fourth-order valence-corrected chi connectivity index (χ4v) is 1.10. The van der Waals surface area contributed by atoms with Gasteiger partial charge in [0.15, 0.2) is 0 Å². The molecule has 3 nitrogen and oxygen atoms in total. The molecule has 0 saturated carbocycles. The smallest absolute Gasteiger partial charge is 0.321 e. The minimum Gasteiger partial charge on any atom is -0.480 e. The van der Waals surface area contributed by atoms with E-state index in [0.29, 0.717) is 17.0 Å². The van der Waals surface area contributed by atoms with Crippen LogP contribution in [-0.4, -0.2) is 24.2 Å². The van der Waals surface area contributed by atoms with Crippen LogP contribution in [0.15, 0.2) is 35.9 Å². The highest BCUT2D eigenvalue weighted by molar-refractivity contribution is 6.31. The van der Waals surface area contributed by atoms with Crippen LogP contribution in [-0.2, 0) is 4.79 Å². The second kappa shape index (κ2) is 6.40. The van der Waals surface area contributed by atoms with Gasteiger partial charge in [0.1, 0.15) is 6.04 Å². The first kappa shape index (κ1) is 12.9. The number of halogens is 1. The number of hydrogen-bond donors (Lipinski definition) is 2. The maximum atomic E-state index is 10.7. The van der Waals surface area contributed by atoms with Crippen LogP contribution < -0.4 is 5.32 Å². The molecule has 0 spiro atoms. The summed E-state index contributed by atoms with van der Waals surface area (Å²) >= 11 is 5.81. The van der Waals surface area contributed by atoms with Crippen LogP contribution in [0.4, 0.5) is 0 Å². The normalized spacial score (nSPS) is 14.1. The predicted molar refractivity (Wildman–Crippen MR) is 58.4 cm³/mol. The number of allylic oxidation sites excluding steroid dienone is 3. The van der Waals surface area contributed by atoms with E-state index < -0.39 is 12.0 Å². The van der Waals surface area contributed by atoms with E-state index >= 15 is 0 Å². The van der Waals surface area contributed by atoms with Crippen LogP contribution in [0.1, 0.15) is 6.42 Å². The molecular formula is C10H14ClNO2. The number of rotatable bonds is 6. The number of hydrogen-bond acceptors (Lipinski definition) is 2. The largest absolute Gasteiger partial charge is 0.480 e. The Morgan fingerprint density at radius 1 is 1.57 bits per heavy atom. The van der Waals surface area contributed by atoms with Crippen molar-refractivity contribution in [2.75, 3.05) is 7.05 Å². The van der Waals surface area contributed by atoms with Crippen LogP contribution in [0.3, 0.4) is 0 Å². The van der Waals surface area contributed by atoms with Crippen molar-refractivity contribution in [3.05, 3.63) is 35.9 Å². The SMILES string of the molecule is C=C/C(Cl)=C(\C=C)C[C@@H](NC)C(=O)O. The molecule has 0 aromatic rings. The van der Waals surface area contributed by atoms with E-state index in [1.54, 1.807) is 7.05 Å². The third kappa shape index (κ3) is 3.77. The molecule has 14 heavy (non-hydrogen) atoms. The summed E-state index contributed by atoms with van der Waals surface area (Å²) < 4.78 is 0. The molecule has 2 N–H and O–H groups in total. The second-order valence-corrected chi connectivity index (χ2v) is 3.07. The van der Waals surface area contributed by atoms with Crippen molar-refractivity contribution in [3.63, 3.8) is 0 Å². The van der Waals surface area contributed by atoms with E-state index in [1.165, 1.54) is 12.2 Å². The Balaban J connectivity index is 4.68. The van der Waals surface area contributed by atoms with Crippen molar-refractivity contribution < 1.29 is 9.90 Å². The summed E-state index contributed by atoms with van der Waals surface area (Å²) in [6.45, 7) is 7.07. The molecular weight excluding hydrogens is 202 g/mol.